The number of nitrogens with zero attached hydrogens (tertiary/aromatic N) is 1. The van der Waals surface area contributed by atoms with E-state index in [1.165, 1.54) is 0 Å². The maximum Gasteiger partial charge on any atom is 0.409 e. The number of amides is 2. The van der Waals surface area contributed by atoms with Crippen molar-refractivity contribution >= 4 is 28.7 Å². The van der Waals surface area contributed by atoms with Crippen molar-refractivity contribution in [2.45, 2.75) is 6.92 Å². The zero-order valence-electron chi connectivity index (χ0n) is 17.6. The van der Waals surface area contributed by atoms with E-state index in [1.54, 1.807) is 38.4 Å². The Bertz CT molecular complexity index is 1310. The summed E-state index contributed by atoms with van der Waals surface area (Å²) in [5.74, 6) is 0.393. The molecule has 0 aliphatic heterocycles. The summed E-state index contributed by atoms with van der Waals surface area (Å²) in [6.45, 7) is 2.23. The maximum atomic E-state index is 12.5. The summed E-state index contributed by atoms with van der Waals surface area (Å²) >= 11 is 0. The first kappa shape index (κ1) is 20.9. The van der Waals surface area contributed by atoms with Gasteiger partial charge in [0.2, 0.25) is 0 Å². The third-order valence-electron chi connectivity index (χ3n) is 5.10. The molecule has 0 saturated heterocycles. The average Bonchev–Trinajstić information content (AvgIpc) is 3.22. The van der Waals surface area contributed by atoms with Crippen molar-refractivity contribution in [1.82, 2.24) is 15.3 Å². The number of benzene rings is 2. The van der Waals surface area contributed by atoms with E-state index in [4.69, 9.17) is 9.84 Å². The van der Waals surface area contributed by atoms with Gasteiger partial charge in [-0.05, 0) is 36.8 Å². The number of para-hydroxylation sites is 1. The van der Waals surface area contributed by atoms with Crippen LogP contribution in [0.15, 0.2) is 60.9 Å². The van der Waals surface area contributed by atoms with Crippen molar-refractivity contribution < 1.29 is 19.4 Å². The minimum Gasteiger partial charge on any atom is -0.496 e. The highest BCUT2D eigenvalue weighted by Crippen LogP contribution is 2.36. The van der Waals surface area contributed by atoms with E-state index in [9.17, 15) is 9.59 Å². The molecule has 32 heavy (non-hydrogen) atoms. The number of pyridine rings is 1. The van der Waals surface area contributed by atoms with Crippen LogP contribution in [0.3, 0.4) is 0 Å². The number of rotatable bonds is 6. The van der Waals surface area contributed by atoms with Crippen LogP contribution in [0.1, 0.15) is 17.3 Å². The van der Waals surface area contributed by atoms with Gasteiger partial charge in [-0.3, -0.25) is 10.1 Å². The number of carbonyl (C=O) groups is 2. The standard InChI is InChI=1S/C24H22N4O4/c1-3-25-23(29)18-10-14(8-9-20(18)28-24(30)31)15-11-17-19(13-27-22(17)26-12-15)16-6-4-5-7-21(16)32-2/h4-13,28H,3H2,1-2H3,(H,25,29)(H,26,27)(H,30,31). The van der Waals surface area contributed by atoms with Crippen LogP contribution in [0.2, 0.25) is 0 Å². The smallest absolute Gasteiger partial charge is 0.409 e. The van der Waals surface area contributed by atoms with Crippen LogP contribution in [0.25, 0.3) is 33.3 Å². The lowest BCUT2D eigenvalue weighted by atomic mass is 9.99. The molecule has 4 aromatic rings. The molecule has 2 aromatic heterocycles. The molecule has 4 rings (SSSR count). The monoisotopic (exact) mass is 430 g/mol. The lowest BCUT2D eigenvalue weighted by Crippen LogP contribution is -2.24. The van der Waals surface area contributed by atoms with Crippen molar-refractivity contribution in [2.75, 3.05) is 19.0 Å². The number of hydrogen-bond donors (Lipinski definition) is 4. The number of aromatic nitrogens is 2. The Balaban J connectivity index is 1.82. The quantitative estimate of drug-likeness (QED) is 0.352. The zero-order valence-corrected chi connectivity index (χ0v) is 17.6. The average molecular weight is 430 g/mol. The van der Waals surface area contributed by atoms with E-state index in [2.05, 4.69) is 20.6 Å². The van der Waals surface area contributed by atoms with Crippen molar-refractivity contribution in [3.63, 3.8) is 0 Å². The molecule has 8 heteroatoms. The number of H-pyrrole nitrogens is 1. The summed E-state index contributed by atoms with van der Waals surface area (Å²) in [7, 11) is 1.63. The van der Waals surface area contributed by atoms with Crippen LogP contribution in [0.5, 0.6) is 5.75 Å². The number of carboxylic acid groups (broad SMARTS) is 1. The summed E-state index contributed by atoms with van der Waals surface area (Å²) < 4.78 is 5.51. The lowest BCUT2D eigenvalue weighted by molar-refractivity contribution is 0.0956. The highest BCUT2D eigenvalue weighted by atomic mass is 16.5. The molecule has 0 aliphatic carbocycles. The van der Waals surface area contributed by atoms with Crippen molar-refractivity contribution in [3.05, 3.63) is 66.5 Å². The molecule has 0 spiro atoms. The fourth-order valence-electron chi connectivity index (χ4n) is 3.64. The zero-order chi connectivity index (χ0) is 22.7. The maximum absolute atomic E-state index is 12.5. The first-order chi connectivity index (χ1) is 15.5. The predicted molar refractivity (Wildman–Crippen MR) is 123 cm³/mol. The highest BCUT2D eigenvalue weighted by molar-refractivity contribution is 6.04. The van der Waals surface area contributed by atoms with Gasteiger partial charge in [0.05, 0.1) is 18.4 Å². The molecule has 2 heterocycles. The molecule has 162 valence electrons. The number of nitrogens with one attached hydrogen (secondary N) is 3. The van der Waals surface area contributed by atoms with Gasteiger partial charge in [-0.25, -0.2) is 9.78 Å². The first-order valence-electron chi connectivity index (χ1n) is 10.0. The summed E-state index contributed by atoms with van der Waals surface area (Å²) in [6, 6.07) is 14.7. The van der Waals surface area contributed by atoms with Gasteiger partial charge in [-0.1, -0.05) is 24.3 Å². The summed E-state index contributed by atoms with van der Waals surface area (Å²) in [4.78, 5) is 31.4. The van der Waals surface area contributed by atoms with Crippen LogP contribution >= 0.6 is 0 Å². The highest BCUT2D eigenvalue weighted by Gasteiger charge is 2.16. The SMILES string of the molecule is CCNC(=O)c1cc(-c2cnc3[nH]cc(-c4ccccc4OC)c3c2)ccc1NC(=O)O. The van der Waals surface area contributed by atoms with E-state index in [0.717, 1.165) is 39.0 Å². The van der Waals surface area contributed by atoms with Gasteiger partial charge in [-0.15, -0.1) is 0 Å². The number of carbonyl (C=O) groups excluding carboxylic acids is 1. The molecule has 0 aliphatic rings. The number of aromatic amines is 1. The Kier molecular flexibility index (Phi) is 5.76. The number of methoxy groups -OCH3 is 1. The van der Waals surface area contributed by atoms with Crippen molar-refractivity contribution in [2.24, 2.45) is 0 Å². The predicted octanol–water partition coefficient (Wildman–Crippen LogP) is 4.75. The Morgan fingerprint density at radius 3 is 2.66 bits per heavy atom. The fraction of sp³-hybridized carbons (Fsp3) is 0.125. The minimum atomic E-state index is -1.24. The van der Waals surface area contributed by atoms with Gasteiger partial charge in [0.25, 0.3) is 5.91 Å². The van der Waals surface area contributed by atoms with E-state index in [0.29, 0.717) is 6.54 Å². The third-order valence-corrected chi connectivity index (χ3v) is 5.10. The van der Waals surface area contributed by atoms with Crippen molar-refractivity contribution in [1.29, 1.82) is 0 Å². The molecule has 0 unspecified atom stereocenters. The summed E-state index contributed by atoms with van der Waals surface area (Å²) in [5.41, 5.74) is 4.60. The molecular weight excluding hydrogens is 408 g/mol. The van der Waals surface area contributed by atoms with E-state index in [-0.39, 0.29) is 17.2 Å². The van der Waals surface area contributed by atoms with Gasteiger partial charge in [0.15, 0.2) is 0 Å². The second-order valence-corrected chi connectivity index (χ2v) is 7.07. The van der Waals surface area contributed by atoms with Gasteiger partial charge in [-0.2, -0.15) is 0 Å². The molecule has 0 radical (unpaired) electrons. The van der Waals surface area contributed by atoms with Crippen molar-refractivity contribution in [3.8, 4) is 28.0 Å². The Morgan fingerprint density at radius 2 is 1.91 bits per heavy atom. The Morgan fingerprint density at radius 1 is 1.09 bits per heavy atom. The summed E-state index contributed by atoms with van der Waals surface area (Å²) in [5, 5.41) is 15.0. The van der Waals surface area contributed by atoms with Gasteiger partial charge in [0, 0.05) is 41.0 Å². The number of anilines is 1. The second-order valence-electron chi connectivity index (χ2n) is 7.07. The van der Waals surface area contributed by atoms with E-state index < -0.39 is 6.09 Å². The Hall–Kier alpha value is -4.33. The molecule has 8 nitrogen and oxygen atoms in total. The summed E-state index contributed by atoms with van der Waals surface area (Å²) in [6.07, 6.45) is 2.37. The number of ether oxygens (including phenoxy) is 1. The van der Waals surface area contributed by atoms with Crippen LogP contribution in [0.4, 0.5) is 10.5 Å². The van der Waals surface area contributed by atoms with Crippen LogP contribution < -0.4 is 15.4 Å². The molecular formula is C24H22N4O4. The largest absolute Gasteiger partial charge is 0.496 e. The first-order valence-corrected chi connectivity index (χ1v) is 10.0. The molecule has 0 bridgehead atoms. The van der Waals surface area contributed by atoms with Gasteiger partial charge >= 0.3 is 6.09 Å². The fourth-order valence-corrected chi connectivity index (χ4v) is 3.64. The van der Waals surface area contributed by atoms with Crippen LogP contribution in [0, 0.1) is 0 Å². The molecule has 2 amide bonds. The number of fused-ring (bicyclic) bond motifs is 1. The molecule has 0 atom stereocenters. The third kappa shape index (κ3) is 3.98. The van der Waals surface area contributed by atoms with E-state index in [1.807, 2.05) is 36.5 Å². The normalized spacial score (nSPS) is 10.7. The molecule has 4 N–H and O–H groups in total. The van der Waals surface area contributed by atoms with Gasteiger partial charge < -0.3 is 20.1 Å². The van der Waals surface area contributed by atoms with Crippen LogP contribution in [-0.2, 0) is 0 Å². The second kappa shape index (κ2) is 8.81. The molecule has 0 saturated carbocycles. The van der Waals surface area contributed by atoms with Gasteiger partial charge in [0.1, 0.15) is 11.4 Å². The van der Waals surface area contributed by atoms with E-state index >= 15 is 0 Å². The molecule has 0 fully saturated rings. The molecule has 2 aromatic carbocycles. The van der Waals surface area contributed by atoms with Crippen LogP contribution in [-0.4, -0.2) is 40.7 Å². The number of hydrogen-bond acceptors (Lipinski definition) is 4. The Labute approximate surface area is 184 Å². The minimum absolute atomic E-state index is 0.220. The topological polar surface area (TPSA) is 116 Å². The lowest BCUT2D eigenvalue weighted by Gasteiger charge is -2.12.